The lowest BCUT2D eigenvalue weighted by Gasteiger charge is -2.37. The maximum Gasteiger partial charge on any atom is 0.271 e. The molecule has 6 nitrogen and oxygen atoms in total. The van der Waals surface area contributed by atoms with Gasteiger partial charge in [-0.2, -0.15) is 0 Å². The van der Waals surface area contributed by atoms with Crippen molar-refractivity contribution in [3.05, 3.63) is 65.4 Å². The van der Waals surface area contributed by atoms with E-state index in [1.54, 1.807) is 6.07 Å². The summed E-state index contributed by atoms with van der Waals surface area (Å²) in [7, 11) is 2.16. The Morgan fingerprint density at radius 3 is 2.47 bits per heavy atom. The van der Waals surface area contributed by atoms with Crippen molar-refractivity contribution in [2.24, 2.45) is 5.73 Å². The molecule has 2 aromatic carbocycles. The van der Waals surface area contributed by atoms with Crippen molar-refractivity contribution in [2.45, 2.75) is 6.54 Å². The Hall–Kier alpha value is -3.10. The summed E-state index contributed by atoms with van der Waals surface area (Å²) in [6, 6.07) is 10.9. The van der Waals surface area contributed by atoms with Crippen LogP contribution in [0.25, 0.3) is 22.8 Å². The highest BCUT2D eigenvalue weighted by atomic mass is 19.1. The van der Waals surface area contributed by atoms with Crippen LogP contribution in [0.2, 0.25) is 0 Å². The number of ether oxygens (including phenoxy) is 1. The second-order valence-corrected chi connectivity index (χ2v) is 7.70. The largest absolute Gasteiger partial charge is 0.435 e. The van der Waals surface area contributed by atoms with Gasteiger partial charge in [0.1, 0.15) is 36.8 Å². The molecule has 0 spiro atoms. The van der Waals surface area contributed by atoms with E-state index in [0.717, 1.165) is 41.8 Å². The summed E-state index contributed by atoms with van der Waals surface area (Å²) in [4.78, 5) is 16.0. The molecule has 2 N–H and O–H groups in total. The number of hydrogen-bond donors (Lipinski definition) is 1. The van der Waals surface area contributed by atoms with Crippen molar-refractivity contribution in [3.63, 3.8) is 0 Å². The standard InChI is InChI=1S/C22H21F2N3O3/c1-27(8-10-29-11-9-27)13-14-4-2-5-15(12-14)20-19(21(25)28)26-22(30-20)18-16(23)6-3-7-17(18)24/h2-7,12H,8-11,13H2,1H3,(H-,25,28)/p+1. The molecule has 0 aliphatic carbocycles. The molecule has 1 saturated heterocycles. The third-order valence-electron chi connectivity index (χ3n) is 5.34. The van der Waals surface area contributed by atoms with E-state index in [0.29, 0.717) is 18.8 Å². The van der Waals surface area contributed by atoms with Crippen LogP contribution < -0.4 is 5.73 Å². The Morgan fingerprint density at radius 1 is 1.13 bits per heavy atom. The Bertz CT molecular complexity index is 1070. The summed E-state index contributed by atoms with van der Waals surface area (Å²) >= 11 is 0. The fraction of sp³-hybridized carbons (Fsp3) is 0.273. The number of carbonyl (C=O) groups is 1. The van der Waals surface area contributed by atoms with E-state index in [2.05, 4.69) is 12.0 Å². The Kier molecular flexibility index (Phi) is 5.36. The van der Waals surface area contributed by atoms with Gasteiger partial charge in [0.25, 0.3) is 5.91 Å². The van der Waals surface area contributed by atoms with E-state index in [1.807, 2.05) is 18.2 Å². The number of quaternary nitrogens is 1. The number of nitrogens with two attached hydrogens (primary N) is 1. The molecule has 1 aliphatic rings. The lowest BCUT2D eigenvalue weighted by Crippen LogP contribution is -2.51. The number of amides is 1. The summed E-state index contributed by atoms with van der Waals surface area (Å²) in [5.41, 5.74) is 6.45. The number of rotatable bonds is 5. The van der Waals surface area contributed by atoms with Crippen molar-refractivity contribution >= 4 is 5.91 Å². The van der Waals surface area contributed by atoms with Crippen molar-refractivity contribution in [1.82, 2.24) is 4.98 Å². The zero-order chi connectivity index (χ0) is 21.3. The van der Waals surface area contributed by atoms with Crippen LogP contribution >= 0.6 is 0 Å². The highest BCUT2D eigenvalue weighted by molar-refractivity contribution is 5.97. The first-order valence-corrected chi connectivity index (χ1v) is 9.62. The van der Waals surface area contributed by atoms with Gasteiger partial charge in [-0.3, -0.25) is 4.79 Å². The molecule has 0 saturated carbocycles. The Labute approximate surface area is 172 Å². The van der Waals surface area contributed by atoms with Crippen LogP contribution in [0.3, 0.4) is 0 Å². The van der Waals surface area contributed by atoms with E-state index in [9.17, 15) is 13.6 Å². The predicted octanol–water partition coefficient (Wildman–Crippen LogP) is 3.36. The SMILES string of the molecule is C[N+]1(Cc2cccc(-c3oc(-c4c(F)cccc4F)nc3C(N)=O)c2)CCOCC1. The lowest BCUT2D eigenvalue weighted by molar-refractivity contribution is -0.929. The van der Waals surface area contributed by atoms with Gasteiger partial charge in [0.05, 0.1) is 20.3 Å². The molecule has 8 heteroatoms. The van der Waals surface area contributed by atoms with E-state index >= 15 is 0 Å². The van der Waals surface area contributed by atoms with Gasteiger partial charge >= 0.3 is 0 Å². The summed E-state index contributed by atoms with van der Waals surface area (Å²) in [5, 5.41) is 0. The van der Waals surface area contributed by atoms with Crippen LogP contribution in [0.15, 0.2) is 46.9 Å². The van der Waals surface area contributed by atoms with Gasteiger partial charge in [0, 0.05) is 11.1 Å². The molecule has 0 radical (unpaired) electrons. The van der Waals surface area contributed by atoms with E-state index in [1.165, 1.54) is 6.07 Å². The summed E-state index contributed by atoms with van der Waals surface area (Å²) in [6.45, 7) is 3.99. The average Bonchev–Trinajstić information content (AvgIpc) is 3.14. The van der Waals surface area contributed by atoms with E-state index in [-0.39, 0.29) is 17.3 Å². The highest BCUT2D eigenvalue weighted by Gasteiger charge is 2.27. The summed E-state index contributed by atoms with van der Waals surface area (Å²) in [6.07, 6.45) is 0. The van der Waals surface area contributed by atoms with Crippen molar-refractivity contribution in [1.29, 1.82) is 0 Å². The molecule has 0 unspecified atom stereocenters. The molecule has 4 rings (SSSR count). The van der Waals surface area contributed by atoms with Crippen LogP contribution in [0.4, 0.5) is 8.78 Å². The second-order valence-electron chi connectivity index (χ2n) is 7.70. The molecule has 1 aromatic heterocycles. The average molecular weight is 414 g/mol. The van der Waals surface area contributed by atoms with Crippen LogP contribution in [0.1, 0.15) is 16.1 Å². The van der Waals surface area contributed by atoms with Gasteiger partial charge in [0.2, 0.25) is 5.89 Å². The number of oxazole rings is 1. The molecular weight excluding hydrogens is 392 g/mol. The van der Waals surface area contributed by atoms with Gasteiger partial charge in [-0.25, -0.2) is 13.8 Å². The number of carbonyl (C=O) groups excluding carboxylic acids is 1. The van der Waals surface area contributed by atoms with Crippen molar-refractivity contribution in [3.8, 4) is 22.8 Å². The third kappa shape index (κ3) is 3.96. The third-order valence-corrected chi connectivity index (χ3v) is 5.34. The number of benzene rings is 2. The molecule has 0 bridgehead atoms. The number of primary amides is 1. The fourth-order valence-corrected chi connectivity index (χ4v) is 3.69. The van der Waals surface area contributed by atoms with Gasteiger partial charge < -0.3 is 19.4 Å². The van der Waals surface area contributed by atoms with E-state index < -0.39 is 23.1 Å². The molecular formula is C22H22F2N3O3+. The molecule has 1 fully saturated rings. The first-order valence-electron chi connectivity index (χ1n) is 9.62. The highest BCUT2D eigenvalue weighted by Crippen LogP contribution is 2.33. The fourth-order valence-electron chi connectivity index (χ4n) is 3.69. The van der Waals surface area contributed by atoms with Gasteiger partial charge in [0.15, 0.2) is 11.5 Å². The molecule has 30 heavy (non-hydrogen) atoms. The number of morpholine rings is 1. The first-order chi connectivity index (χ1) is 14.4. The maximum absolute atomic E-state index is 14.2. The molecule has 156 valence electrons. The van der Waals surface area contributed by atoms with Gasteiger partial charge in [-0.15, -0.1) is 0 Å². The zero-order valence-corrected chi connectivity index (χ0v) is 16.5. The van der Waals surface area contributed by atoms with Crippen LogP contribution in [-0.4, -0.2) is 48.7 Å². The second kappa shape index (κ2) is 7.97. The Morgan fingerprint density at radius 2 is 1.80 bits per heavy atom. The Balaban J connectivity index is 1.73. The number of nitrogens with zero attached hydrogens (tertiary/aromatic N) is 2. The molecule has 2 heterocycles. The van der Waals surface area contributed by atoms with Crippen molar-refractivity contribution in [2.75, 3.05) is 33.4 Å². The van der Waals surface area contributed by atoms with Crippen molar-refractivity contribution < 1.29 is 27.2 Å². The summed E-state index contributed by atoms with van der Waals surface area (Å²) in [5.74, 6) is -2.75. The quantitative estimate of drug-likeness (QED) is 0.650. The monoisotopic (exact) mass is 414 g/mol. The van der Waals surface area contributed by atoms with Crippen LogP contribution in [0, 0.1) is 11.6 Å². The van der Waals surface area contributed by atoms with E-state index in [4.69, 9.17) is 14.9 Å². The zero-order valence-electron chi connectivity index (χ0n) is 16.5. The number of aromatic nitrogens is 1. The van der Waals surface area contributed by atoms with Gasteiger partial charge in [-0.05, 0) is 18.2 Å². The minimum atomic E-state index is -0.839. The topological polar surface area (TPSA) is 78.4 Å². The minimum absolute atomic E-state index is 0.0895. The maximum atomic E-state index is 14.2. The normalized spacial score (nSPS) is 15.8. The number of likely N-dealkylation sites (N-methyl/N-ethyl adjacent to an activating group) is 1. The molecule has 1 amide bonds. The smallest absolute Gasteiger partial charge is 0.271 e. The molecule has 3 aromatic rings. The minimum Gasteiger partial charge on any atom is -0.435 e. The first kappa shape index (κ1) is 20.2. The summed E-state index contributed by atoms with van der Waals surface area (Å²) < 4.78 is 40.3. The van der Waals surface area contributed by atoms with Crippen LogP contribution in [0.5, 0.6) is 0 Å². The molecule has 1 aliphatic heterocycles. The lowest BCUT2D eigenvalue weighted by atomic mass is 10.1. The number of hydrogen-bond acceptors (Lipinski definition) is 4. The van der Waals surface area contributed by atoms with Crippen LogP contribution in [-0.2, 0) is 11.3 Å². The van der Waals surface area contributed by atoms with Gasteiger partial charge in [-0.1, -0.05) is 24.3 Å². The number of halogens is 2. The predicted molar refractivity (Wildman–Crippen MR) is 106 cm³/mol. The molecule has 0 atom stereocenters.